The first kappa shape index (κ1) is 19.1. The Bertz CT molecular complexity index is 937. The zero-order valence-corrected chi connectivity index (χ0v) is 15.8. The van der Waals surface area contributed by atoms with Crippen LogP contribution in [0.5, 0.6) is 5.75 Å². The maximum absolute atomic E-state index is 11.9. The monoisotopic (exact) mass is 375 g/mol. The number of ether oxygens (including phenoxy) is 1. The molecule has 1 N–H and O–H groups in total. The van der Waals surface area contributed by atoms with E-state index in [1.54, 1.807) is 37.4 Å². The van der Waals surface area contributed by atoms with Crippen molar-refractivity contribution in [2.45, 2.75) is 13.8 Å². The lowest BCUT2D eigenvalue weighted by molar-refractivity contribution is 0.166. The Morgan fingerprint density at radius 1 is 1.04 bits per heavy atom. The number of nitrogens with zero attached hydrogens (tertiary/aromatic N) is 2. The third-order valence-electron chi connectivity index (χ3n) is 3.94. The first-order valence-electron chi connectivity index (χ1n) is 8.93. The molecular formula is C22H21N3O3. The zero-order valence-electron chi connectivity index (χ0n) is 15.8. The molecule has 0 spiro atoms. The van der Waals surface area contributed by atoms with E-state index in [0.29, 0.717) is 18.0 Å². The summed E-state index contributed by atoms with van der Waals surface area (Å²) in [4.78, 5) is 21.2. The predicted octanol–water partition coefficient (Wildman–Crippen LogP) is 5.12. The van der Waals surface area contributed by atoms with Crippen LogP contribution in [-0.4, -0.2) is 23.4 Å². The van der Waals surface area contributed by atoms with Gasteiger partial charge in [-0.15, -0.1) is 0 Å². The van der Waals surface area contributed by atoms with E-state index in [1.807, 2.05) is 49.4 Å². The summed E-state index contributed by atoms with van der Waals surface area (Å²) in [6, 6.07) is 20.5. The lowest BCUT2D eigenvalue weighted by Crippen LogP contribution is -2.12. The minimum absolute atomic E-state index is 0.589. The van der Waals surface area contributed by atoms with Crippen molar-refractivity contribution < 1.29 is 14.4 Å². The second-order valence-corrected chi connectivity index (χ2v) is 5.93. The Morgan fingerprint density at radius 2 is 1.79 bits per heavy atom. The molecule has 2 aromatic carbocycles. The topological polar surface area (TPSA) is 72.8 Å². The lowest BCUT2D eigenvalue weighted by Gasteiger charge is -2.06. The maximum atomic E-state index is 11.9. The number of pyridine rings is 1. The molecule has 0 saturated carbocycles. The van der Waals surface area contributed by atoms with E-state index in [9.17, 15) is 4.79 Å². The molecule has 0 aliphatic rings. The molecule has 6 heteroatoms. The fourth-order valence-corrected chi connectivity index (χ4v) is 2.52. The highest BCUT2D eigenvalue weighted by atomic mass is 16.7. The van der Waals surface area contributed by atoms with Crippen LogP contribution in [0.4, 0.5) is 10.5 Å². The largest absolute Gasteiger partial charge is 0.494 e. The van der Waals surface area contributed by atoms with Gasteiger partial charge in [0.15, 0.2) is 0 Å². The molecule has 0 saturated heterocycles. The van der Waals surface area contributed by atoms with E-state index in [-0.39, 0.29) is 0 Å². The van der Waals surface area contributed by atoms with Crippen LogP contribution in [0.15, 0.2) is 78.1 Å². The SMILES string of the molecule is CCOc1ccc(NC(=O)ON=C(C)c2ccc(-c3ccccn3)cc2)cc1. The van der Waals surface area contributed by atoms with Gasteiger partial charge in [-0.25, -0.2) is 4.79 Å². The Labute approximate surface area is 163 Å². The number of rotatable bonds is 6. The number of anilines is 1. The fraction of sp³-hybridized carbons (Fsp3) is 0.136. The summed E-state index contributed by atoms with van der Waals surface area (Å²) < 4.78 is 5.36. The van der Waals surface area contributed by atoms with Gasteiger partial charge < -0.3 is 4.74 Å². The number of carbonyl (C=O) groups excluding carboxylic acids is 1. The molecule has 1 amide bonds. The van der Waals surface area contributed by atoms with Gasteiger partial charge in [-0.1, -0.05) is 35.5 Å². The Morgan fingerprint density at radius 3 is 2.43 bits per heavy atom. The Balaban J connectivity index is 1.58. The van der Waals surface area contributed by atoms with Gasteiger partial charge in [0.1, 0.15) is 5.75 Å². The van der Waals surface area contributed by atoms with Gasteiger partial charge in [-0.2, -0.15) is 0 Å². The average molecular weight is 375 g/mol. The van der Waals surface area contributed by atoms with Crippen LogP contribution in [0.3, 0.4) is 0 Å². The number of benzene rings is 2. The van der Waals surface area contributed by atoms with Crippen molar-refractivity contribution in [3.05, 3.63) is 78.5 Å². The number of nitrogens with one attached hydrogen (secondary N) is 1. The third-order valence-corrected chi connectivity index (χ3v) is 3.94. The van der Waals surface area contributed by atoms with Crippen LogP contribution in [0.1, 0.15) is 19.4 Å². The predicted molar refractivity (Wildman–Crippen MR) is 110 cm³/mol. The lowest BCUT2D eigenvalue weighted by atomic mass is 10.1. The first-order chi connectivity index (χ1) is 13.7. The minimum atomic E-state index is -0.659. The van der Waals surface area contributed by atoms with E-state index in [2.05, 4.69) is 15.5 Å². The van der Waals surface area contributed by atoms with Crippen molar-refractivity contribution in [1.82, 2.24) is 4.98 Å². The number of hydrogen-bond donors (Lipinski definition) is 1. The molecule has 142 valence electrons. The van der Waals surface area contributed by atoms with Crippen molar-refractivity contribution in [3.8, 4) is 17.0 Å². The van der Waals surface area contributed by atoms with Gasteiger partial charge >= 0.3 is 6.09 Å². The molecule has 0 unspecified atom stereocenters. The second kappa shape index (κ2) is 9.32. The maximum Gasteiger partial charge on any atom is 0.437 e. The average Bonchev–Trinajstić information content (AvgIpc) is 2.74. The summed E-state index contributed by atoms with van der Waals surface area (Å²) in [6.45, 7) is 4.28. The van der Waals surface area contributed by atoms with Crippen molar-refractivity contribution in [2.75, 3.05) is 11.9 Å². The smallest absolute Gasteiger partial charge is 0.437 e. The molecule has 0 aliphatic carbocycles. The number of oxime groups is 1. The number of hydrogen-bond acceptors (Lipinski definition) is 5. The summed E-state index contributed by atoms with van der Waals surface area (Å²) in [5.41, 5.74) is 3.95. The van der Waals surface area contributed by atoms with Gasteiger partial charge in [0.25, 0.3) is 0 Å². The molecule has 3 aromatic rings. The summed E-state index contributed by atoms with van der Waals surface area (Å²) in [5, 5.41) is 6.52. The molecule has 0 bridgehead atoms. The van der Waals surface area contributed by atoms with E-state index < -0.39 is 6.09 Å². The van der Waals surface area contributed by atoms with E-state index in [0.717, 1.165) is 22.6 Å². The number of carbonyl (C=O) groups is 1. The molecule has 0 atom stereocenters. The molecule has 6 nitrogen and oxygen atoms in total. The first-order valence-corrected chi connectivity index (χ1v) is 8.93. The van der Waals surface area contributed by atoms with E-state index in [1.165, 1.54) is 0 Å². The van der Waals surface area contributed by atoms with Gasteiger partial charge in [-0.05, 0) is 55.8 Å². The quantitative estimate of drug-likeness (QED) is 0.369. The van der Waals surface area contributed by atoms with Crippen LogP contribution in [0.2, 0.25) is 0 Å². The highest BCUT2D eigenvalue weighted by Gasteiger charge is 2.06. The summed E-state index contributed by atoms with van der Waals surface area (Å²) in [6.07, 6.45) is 1.10. The summed E-state index contributed by atoms with van der Waals surface area (Å²) in [7, 11) is 0. The minimum Gasteiger partial charge on any atom is -0.494 e. The van der Waals surface area contributed by atoms with Gasteiger partial charge in [0.05, 0.1) is 18.0 Å². The number of amides is 1. The van der Waals surface area contributed by atoms with E-state index >= 15 is 0 Å². The van der Waals surface area contributed by atoms with E-state index in [4.69, 9.17) is 9.57 Å². The Kier molecular flexibility index (Phi) is 6.36. The normalized spacial score (nSPS) is 11.0. The summed E-state index contributed by atoms with van der Waals surface area (Å²) in [5.74, 6) is 0.740. The standard InChI is InChI=1S/C22H21N3O3/c1-3-27-20-13-11-19(12-14-20)24-22(26)28-25-16(2)17-7-9-18(10-8-17)21-6-4-5-15-23-21/h4-15H,3H2,1-2H3,(H,24,26). The molecule has 0 radical (unpaired) electrons. The van der Waals surface area contributed by atoms with Crippen LogP contribution >= 0.6 is 0 Å². The Hall–Kier alpha value is -3.67. The van der Waals surface area contributed by atoms with Gasteiger partial charge in [-0.3, -0.25) is 15.1 Å². The molecule has 0 aliphatic heterocycles. The fourth-order valence-electron chi connectivity index (χ4n) is 2.52. The van der Waals surface area contributed by atoms with Crippen LogP contribution < -0.4 is 10.1 Å². The number of aromatic nitrogens is 1. The van der Waals surface area contributed by atoms with Crippen molar-refractivity contribution in [3.63, 3.8) is 0 Å². The van der Waals surface area contributed by atoms with Gasteiger partial charge in [0, 0.05) is 17.4 Å². The molecule has 3 rings (SSSR count). The van der Waals surface area contributed by atoms with Gasteiger partial charge in [0.2, 0.25) is 0 Å². The molecular weight excluding hydrogens is 354 g/mol. The van der Waals surface area contributed by atoms with Crippen LogP contribution in [-0.2, 0) is 4.84 Å². The molecule has 1 heterocycles. The third kappa shape index (κ3) is 5.17. The highest BCUT2D eigenvalue weighted by Crippen LogP contribution is 2.18. The molecule has 0 fully saturated rings. The van der Waals surface area contributed by atoms with Crippen molar-refractivity contribution in [2.24, 2.45) is 5.16 Å². The molecule has 1 aromatic heterocycles. The van der Waals surface area contributed by atoms with Crippen LogP contribution in [0, 0.1) is 0 Å². The highest BCUT2D eigenvalue weighted by molar-refractivity contribution is 5.99. The van der Waals surface area contributed by atoms with Crippen molar-refractivity contribution >= 4 is 17.5 Å². The zero-order chi connectivity index (χ0) is 19.8. The molecule has 28 heavy (non-hydrogen) atoms. The van der Waals surface area contributed by atoms with Crippen LogP contribution in [0.25, 0.3) is 11.3 Å². The van der Waals surface area contributed by atoms with Crippen molar-refractivity contribution in [1.29, 1.82) is 0 Å². The summed E-state index contributed by atoms with van der Waals surface area (Å²) >= 11 is 0. The second-order valence-electron chi connectivity index (χ2n) is 5.93.